The fourth-order valence-corrected chi connectivity index (χ4v) is 4.46. The Labute approximate surface area is 186 Å². The van der Waals surface area contributed by atoms with Crippen LogP contribution in [-0.4, -0.2) is 42.5 Å². The van der Waals surface area contributed by atoms with Gasteiger partial charge in [-0.3, -0.25) is 9.59 Å². The monoisotopic (exact) mass is 434 g/mol. The Hall–Kier alpha value is -2.96. The third kappa shape index (κ3) is 5.60. The first-order valence-electron chi connectivity index (χ1n) is 10.5. The molecule has 1 fully saturated rings. The molecule has 3 aromatic rings. The maximum atomic E-state index is 12.8. The molecule has 5 nitrogen and oxygen atoms in total. The van der Waals surface area contributed by atoms with E-state index in [-0.39, 0.29) is 30.6 Å². The minimum atomic E-state index is -0.284. The van der Waals surface area contributed by atoms with Crippen LogP contribution in [0.4, 0.5) is 0 Å². The number of hydrogen-bond donors (Lipinski definition) is 1. The van der Waals surface area contributed by atoms with Crippen LogP contribution >= 0.6 is 11.3 Å². The van der Waals surface area contributed by atoms with E-state index in [1.165, 1.54) is 11.3 Å². The lowest BCUT2D eigenvalue weighted by Gasteiger charge is -2.32. The molecule has 0 aliphatic carbocycles. The third-order valence-corrected chi connectivity index (χ3v) is 6.23. The van der Waals surface area contributed by atoms with Crippen LogP contribution in [0.1, 0.15) is 40.4 Å². The predicted octanol–water partition coefficient (Wildman–Crippen LogP) is 4.28. The number of carbonyl (C=O) groups excluding carboxylic acids is 2. The van der Waals surface area contributed by atoms with Crippen LogP contribution in [0, 0.1) is 0 Å². The summed E-state index contributed by atoms with van der Waals surface area (Å²) >= 11 is 1.51. The molecule has 0 radical (unpaired) electrons. The molecule has 1 N–H and O–H groups in total. The van der Waals surface area contributed by atoms with Crippen molar-refractivity contribution in [1.29, 1.82) is 0 Å². The second-order valence-corrected chi connectivity index (χ2v) is 8.43. The summed E-state index contributed by atoms with van der Waals surface area (Å²) in [5.41, 5.74) is 2.75. The Balaban J connectivity index is 1.30. The number of thiophene rings is 1. The topological polar surface area (TPSA) is 58.6 Å². The molecule has 4 rings (SSSR count). The van der Waals surface area contributed by atoms with E-state index in [2.05, 4.69) is 5.32 Å². The summed E-state index contributed by atoms with van der Waals surface area (Å²) in [5, 5.41) is 6.82. The molecule has 0 saturated carbocycles. The van der Waals surface area contributed by atoms with Crippen LogP contribution in [0.15, 0.2) is 77.5 Å². The SMILES string of the molecule is O=C(NC1CCN(C(=O)COC(c2ccccc2)c2ccccc2)CC1)c1ccsc1. The summed E-state index contributed by atoms with van der Waals surface area (Å²) in [6.45, 7) is 1.27. The van der Waals surface area contributed by atoms with Crippen LogP contribution in [-0.2, 0) is 9.53 Å². The van der Waals surface area contributed by atoms with E-state index >= 15 is 0 Å². The van der Waals surface area contributed by atoms with Crippen molar-refractivity contribution in [2.45, 2.75) is 25.0 Å². The number of piperidine rings is 1. The van der Waals surface area contributed by atoms with Crippen LogP contribution in [0.2, 0.25) is 0 Å². The zero-order valence-electron chi connectivity index (χ0n) is 17.3. The molecule has 0 unspecified atom stereocenters. The molecule has 0 spiro atoms. The Bertz CT molecular complexity index is 929. The lowest BCUT2D eigenvalue weighted by atomic mass is 10.0. The Morgan fingerprint density at radius 1 is 0.968 bits per heavy atom. The van der Waals surface area contributed by atoms with Gasteiger partial charge in [-0.1, -0.05) is 60.7 Å². The van der Waals surface area contributed by atoms with Gasteiger partial charge in [0.05, 0.1) is 0 Å². The second-order valence-electron chi connectivity index (χ2n) is 7.65. The maximum Gasteiger partial charge on any atom is 0.252 e. The number of likely N-dealkylation sites (tertiary alicyclic amines) is 1. The zero-order valence-corrected chi connectivity index (χ0v) is 18.1. The number of hydrogen-bond acceptors (Lipinski definition) is 4. The van der Waals surface area contributed by atoms with E-state index in [0.717, 1.165) is 24.0 Å². The van der Waals surface area contributed by atoms with Crippen LogP contribution in [0.25, 0.3) is 0 Å². The van der Waals surface area contributed by atoms with Gasteiger partial charge in [0.2, 0.25) is 5.91 Å². The number of amides is 2. The molecule has 1 aliphatic heterocycles. The average molecular weight is 435 g/mol. The van der Waals surface area contributed by atoms with Gasteiger partial charge in [-0.2, -0.15) is 11.3 Å². The van der Waals surface area contributed by atoms with Gasteiger partial charge in [-0.15, -0.1) is 0 Å². The third-order valence-electron chi connectivity index (χ3n) is 5.54. The van der Waals surface area contributed by atoms with Crippen molar-refractivity contribution >= 4 is 23.2 Å². The largest absolute Gasteiger partial charge is 0.359 e. The fourth-order valence-electron chi connectivity index (χ4n) is 3.82. The van der Waals surface area contributed by atoms with Crippen molar-refractivity contribution < 1.29 is 14.3 Å². The summed E-state index contributed by atoms with van der Waals surface area (Å²) < 4.78 is 6.11. The average Bonchev–Trinajstić information content (AvgIpc) is 3.36. The molecule has 0 atom stereocenters. The number of nitrogens with one attached hydrogen (secondary N) is 1. The number of carbonyl (C=O) groups is 2. The lowest BCUT2D eigenvalue weighted by Crippen LogP contribution is -2.47. The van der Waals surface area contributed by atoms with Crippen molar-refractivity contribution in [2.75, 3.05) is 19.7 Å². The summed E-state index contributed by atoms with van der Waals surface area (Å²) in [7, 11) is 0. The second kappa shape index (κ2) is 10.4. The first-order valence-corrected chi connectivity index (χ1v) is 11.5. The van der Waals surface area contributed by atoms with Gasteiger partial charge < -0.3 is 15.0 Å². The quantitative estimate of drug-likeness (QED) is 0.604. The first kappa shape index (κ1) is 21.3. The van der Waals surface area contributed by atoms with E-state index in [1.54, 1.807) is 0 Å². The molecule has 0 bridgehead atoms. The fraction of sp³-hybridized carbons (Fsp3) is 0.280. The van der Waals surface area contributed by atoms with Gasteiger partial charge in [-0.05, 0) is 35.4 Å². The Morgan fingerprint density at radius 2 is 1.58 bits per heavy atom. The zero-order chi connectivity index (χ0) is 21.5. The van der Waals surface area contributed by atoms with Crippen molar-refractivity contribution in [2.24, 2.45) is 0 Å². The lowest BCUT2D eigenvalue weighted by molar-refractivity contribution is -0.138. The molecule has 2 aromatic carbocycles. The first-order chi connectivity index (χ1) is 15.2. The predicted molar refractivity (Wildman–Crippen MR) is 122 cm³/mol. The van der Waals surface area contributed by atoms with E-state index in [4.69, 9.17) is 4.74 Å². The van der Waals surface area contributed by atoms with E-state index in [9.17, 15) is 9.59 Å². The molecule has 1 saturated heterocycles. The summed E-state index contributed by atoms with van der Waals surface area (Å²) in [6, 6.07) is 21.8. The maximum absolute atomic E-state index is 12.8. The van der Waals surface area contributed by atoms with Gasteiger partial charge in [-0.25, -0.2) is 0 Å². The minimum absolute atomic E-state index is 0.0144. The van der Waals surface area contributed by atoms with Crippen LogP contribution in [0.3, 0.4) is 0 Å². The highest BCUT2D eigenvalue weighted by atomic mass is 32.1. The molecule has 6 heteroatoms. The summed E-state index contributed by atoms with van der Waals surface area (Å²) in [5.74, 6) is -0.0533. The van der Waals surface area contributed by atoms with E-state index in [0.29, 0.717) is 18.7 Å². The van der Waals surface area contributed by atoms with E-state index in [1.807, 2.05) is 82.4 Å². The molecule has 31 heavy (non-hydrogen) atoms. The van der Waals surface area contributed by atoms with Crippen LogP contribution in [0.5, 0.6) is 0 Å². The summed E-state index contributed by atoms with van der Waals surface area (Å²) in [4.78, 5) is 26.9. The molecule has 1 aliphatic rings. The summed E-state index contributed by atoms with van der Waals surface area (Å²) in [6.07, 6.45) is 1.22. The molecule has 160 valence electrons. The van der Waals surface area contributed by atoms with Gasteiger partial charge >= 0.3 is 0 Å². The molecular formula is C25H26N2O3S. The molecule has 2 heterocycles. The van der Waals surface area contributed by atoms with Crippen molar-refractivity contribution in [1.82, 2.24) is 10.2 Å². The van der Waals surface area contributed by atoms with Crippen molar-refractivity contribution in [3.8, 4) is 0 Å². The normalized spacial score (nSPS) is 14.5. The van der Waals surface area contributed by atoms with Crippen molar-refractivity contribution in [3.05, 3.63) is 94.2 Å². The minimum Gasteiger partial charge on any atom is -0.359 e. The van der Waals surface area contributed by atoms with E-state index < -0.39 is 0 Å². The van der Waals surface area contributed by atoms with Gasteiger partial charge in [0.15, 0.2) is 0 Å². The van der Waals surface area contributed by atoms with Gasteiger partial charge in [0.1, 0.15) is 12.7 Å². The highest BCUT2D eigenvalue weighted by Gasteiger charge is 2.25. The van der Waals surface area contributed by atoms with Gasteiger partial charge in [0, 0.05) is 30.1 Å². The highest BCUT2D eigenvalue weighted by molar-refractivity contribution is 7.08. The Kier molecular flexibility index (Phi) is 7.12. The number of benzene rings is 2. The van der Waals surface area contributed by atoms with Gasteiger partial charge in [0.25, 0.3) is 5.91 Å². The van der Waals surface area contributed by atoms with Crippen LogP contribution < -0.4 is 5.32 Å². The highest BCUT2D eigenvalue weighted by Crippen LogP contribution is 2.26. The number of ether oxygens (including phenoxy) is 1. The number of nitrogens with zero attached hydrogens (tertiary/aromatic N) is 1. The Morgan fingerprint density at radius 3 is 2.13 bits per heavy atom. The smallest absolute Gasteiger partial charge is 0.252 e. The standard InChI is InChI=1S/C25H26N2O3S/c28-23(27-14-11-22(12-15-27)26-25(29)21-13-16-31-18-21)17-30-24(19-7-3-1-4-8-19)20-9-5-2-6-10-20/h1-10,13,16,18,22,24H,11-12,14-15,17H2,(H,26,29). The molecule has 2 amide bonds. The number of rotatable bonds is 7. The van der Waals surface area contributed by atoms with Crippen molar-refractivity contribution in [3.63, 3.8) is 0 Å². The molecule has 1 aromatic heterocycles. The molecular weight excluding hydrogens is 408 g/mol.